The molecule has 0 saturated heterocycles. The van der Waals surface area contributed by atoms with Crippen molar-refractivity contribution in [3.63, 3.8) is 0 Å². The highest BCUT2D eigenvalue weighted by molar-refractivity contribution is 5.90. The summed E-state index contributed by atoms with van der Waals surface area (Å²) in [6.07, 6.45) is 12.1. The lowest BCUT2D eigenvalue weighted by molar-refractivity contribution is -0.152. The summed E-state index contributed by atoms with van der Waals surface area (Å²) in [6.45, 7) is 7.95. The van der Waals surface area contributed by atoms with Crippen LogP contribution < -0.4 is 20.1 Å². The van der Waals surface area contributed by atoms with E-state index in [1.165, 1.54) is 20.6 Å². The lowest BCUT2D eigenvalue weighted by Crippen LogP contribution is -2.55. The largest absolute Gasteiger partial charge is 0.496 e. The van der Waals surface area contributed by atoms with Crippen LogP contribution in [0.3, 0.4) is 0 Å². The fraction of sp³-hybridized carbons (Fsp3) is 0.610. The maximum atomic E-state index is 12.8. The molecule has 2 aromatic rings. The van der Waals surface area contributed by atoms with E-state index in [4.69, 9.17) is 18.9 Å². The van der Waals surface area contributed by atoms with Gasteiger partial charge in [-0.05, 0) is 87.8 Å². The minimum atomic E-state index is -0.905. The molecule has 0 unspecified atom stereocenters. The summed E-state index contributed by atoms with van der Waals surface area (Å²) in [4.78, 5) is 50.5. The average Bonchev–Trinajstić information content (AvgIpc) is 3.33. The lowest BCUT2D eigenvalue weighted by atomic mass is 9.83. The third-order valence-corrected chi connectivity index (χ3v) is 10.3. The van der Waals surface area contributed by atoms with Crippen molar-refractivity contribution < 1.29 is 38.1 Å². The third kappa shape index (κ3) is 11.2. The van der Waals surface area contributed by atoms with Gasteiger partial charge in [-0.3, -0.25) is 9.59 Å². The average molecular weight is 709 g/mol. The van der Waals surface area contributed by atoms with Crippen molar-refractivity contribution in [1.82, 2.24) is 10.6 Å². The van der Waals surface area contributed by atoms with Crippen LogP contribution in [0.15, 0.2) is 24.3 Å². The number of aryl methyl sites for hydroxylation is 4. The van der Waals surface area contributed by atoms with Gasteiger partial charge in [0.15, 0.2) is 0 Å². The van der Waals surface area contributed by atoms with Crippen LogP contribution in [0, 0.1) is 27.7 Å². The SMILES string of the molecule is COC(=O)C1(NC(=O)Cc2c(C)cc(C)cc2OC)CCCCCC1.COC(=O)C1(NC(=O)Cc2c(C)cc(C)cc2OC)CCCCCCC1. The molecule has 0 spiro atoms. The summed E-state index contributed by atoms with van der Waals surface area (Å²) < 4.78 is 20.9. The van der Waals surface area contributed by atoms with Gasteiger partial charge >= 0.3 is 11.9 Å². The molecule has 2 aliphatic carbocycles. The van der Waals surface area contributed by atoms with Crippen molar-refractivity contribution in [3.05, 3.63) is 57.6 Å². The van der Waals surface area contributed by atoms with Crippen molar-refractivity contribution in [2.24, 2.45) is 0 Å². The summed E-state index contributed by atoms with van der Waals surface area (Å²) in [5, 5.41) is 6.02. The molecule has 0 aliphatic heterocycles. The molecule has 0 bridgehead atoms. The first kappa shape index (κ1) is 41.3. The molecule has 4 rings (SSSR count). The van der Waals surface area contributed by atoms with E-state index in [-0.39, 0.29) is 36.6 Å². The molecule has 2 N–H and O–H groups in total. The van der Waals surface area contributed by atoms with E-state index in [2.05, 4.69) is 10.6 Å². The highest BCUT2D eigenvalue weighted by Gasteiger charge is 2.42. The van der Waals surface area contributed by atoms with Gasteiger partial charge in [0.25, 0.3) is 0 Å². The molecule has 2 aliphatic rings. The number of amides is 2. The molecule has 2 fully saturated rings. The van der Waals surface area contributed by atoms with E-state index >= 15 is 0 Å². The van der Waals surface area contributed by atoms with Crippen LogP contribution in [0.1, 0.15) is 117 Å². The fourth-order valence-electron chi connectivity index (χ4n) is 7.67. The summed E-state index contributed by atoms with van der Waals surface area (Å²) >= 11 is 0. The second kappa shape index (κ2) is 19.5. The van der Waals surface area contributed by atoms with Crippen LogP contribution in [0.2, 0.25) is 0 Å². The number of carbonyl (C=O) groups excluding carboxylic acids is 4. The molecule has 282 valence electrons. The first-order chi connectivity index (χ1) is 24.3. The Hall–Kier alpha value is -4.08. The monoisotopic (exact) mass is 708 g/mol. The van der Waals surface area contributed by atoms with Crippen LogP contribution in [0.5, 0.6) is 11.5 Å². The van der Waals surface area contributed by atoms with Crippen molar-refractivity contribution in [1.29, 1.82) is 0 Å². The molecule has 0 heterocycles. The molecule has 2 aromatic carbocycles. The maximum absolute atomic E-state index is 12.8. The second-order valence-electron chi connectivity index (χ2n) is 14.3. The minimum absolute atomic E-state index is 0.166. The fourth-order valence-corrected chi connectivity index (χ4v) is 7.67. The Morgan fingerprint density at radius 2 is 0.843 bits per heavy atom. The van der Waals surface area contributed by atoms with Crippen molar-refractivity contribution in [2.75, 3.05) is 28.4 Å². The number of esters is 2. The van der Waals surface area contributed by atoms with Gasteiger partial charge in [-0.1, -0.05) is 69.9 Å². The van der Waals surface area contributed by atoms with Crippen LogP contribution in [-0.4, -0.2) is 63.3 Å². The Bertz CT molecular complexity index is 1500. The highest BCUT2D eigenvalue weighted by atomic mass is 16.5. The molecule has 2 amide bonds. The van der Waals surface area contributed by atoms with Gasteiger partial charge in [-0.2, -0.15) is 0 Å². The van der Waals surface area contributed by atoms with Crippen LogP contribution in [0.4, 0.5) is 0 Å². The van der Waals surface area contributed by atoms with Gasteiger partial charge in [-0.25, -0.2) is 9.59 Å². The van der Waals surface area contributed by atoms with Gasteiger partial charge in [0, 0.05) is 11.1 Å². The topological polar surface area (TPSA) is 129 Å². The predicted octanol–water partition coefficient (Wildman–Crippen LogP) is 6.86. The van der Waals surface area contributed by atoms with Crippen molar-refractivity contribution in [3.8, 4) is 11.5 Å². The molecule has 0 radical (unpaired) electrons. The van der Waals surface area contributed by atoms with E-state index in [0.717, 1.165) is 84.7 Å². The molecule has 0 atom stereocenters. The Morgan fingerprint density at radius 3 is 1.14 bits per heavy atom. The quantitative estimate of drug-likeness (QED) is 0.202. The van der Waals surface area contributed by atoms with Gasteiger partial charge in [-0.15, -0.1) is 0 Å². The number of benzene rings is 2. The normalized spacial score (nSPS) is 16.8. The zero-order valence-electron chi connectivity index (χ0n) is 32.2. The van der Waals surface area contributed by atoms with Gasteiger partial charge in [0.2, 0.25) is 11.8 Å². The number of carbonyl (C=O) groups is 4. The molecule has 0 aromatic heterocycles. The summed E-state index contributed by atoms with van der Waals surface area (Å²) in [7, 11) is 5.99. The smallest absolute Gasteiger partial charge is 0.331 e. The predicted molar refractivity (Wildman–Crippen MR) is 198 cm³/mol. The number of methoxy groups -OCH3 is 4. The molecular formula is C41H60N2O8. The Kier molecular flexibility index (Phi) is 15.8. The van der Waals surface area contributed by atoms with E-state index in [0.29, 0.717) is 37.2 Å². The molecule has 51 heavy (non-hydrogen) atoms. The second-order valence-corrected chi connectivity index (χ2v) is 14.3. The summed E-state index contributed by atoms with van der Waals surface area (Å²) in [5.74, 6) is 0.414. The van der Waals surface area contributed by atoms with E-state index in [9.17, 15) is 19.2 Å². The number of hydrogen-bond donors (Lipinski definition) is 2. The van der Waals surface area contributed by atoms with Gasteiger partial charge in [0.05, 0.1) is 41.3 Å². The van der Waals surface area contributed by atoms with Crippen LogP contribution >= 0.6 is 0 Å². The van der Waals surface area contributed by atoms with Crippen molar-refractivity contribution >= 4 is 23.8 Å². The third-order valence-electron chi connectivity index (χ3n) is 10.3. The zero-order chi connectivity index (χ0) is 37.6. The first-order valence-corrected chi connectivity index (χ1v) is 18.4. The van der Waals surface area contributed by atoms with Gasteiger partial charge in [0.1, 0.15) is 22.6 Å². The minimum Gasteiger partial charge on any atom is -0.496 e. The molecule has 10 nitrogen and oxygen atoms in total. The summed E-state index contributed by atoms with van der Waals surface area (Å²) in [6, 6.07) is 7.93. The Morgan fingerprint density at radius 1 is 0.529 bits per heavy atom. The highest BCUT2D eigenvalue weighted by Crippen LogP contribution is 2.31. The van der Waals surface area contributed by atoms with Crippen LogP contribution in [0.25, 0.3) is 0 Å². The maximum Gasteiger partial charge on any atom is 0.331 e. The lowest BCUT2D eigenvalue weighted by Gasteiger charge is -2.33. The van der Waals surface area contributed by atoms with E-state index < -0.39 is 11.1 Å². The van der Waals surface area contributed by atoms with Crippen LogP contribution in [-0.2, 0) is 41.5 Å². The molecular weight excluding hydrogens is 648 g/mol. The number of ether oxygens (including phenoxy) is 4. The first-order valence-electron chi connectivity index (χ1n) is 18.4. The van der Waals surface area contributed by atoms with Crippen molar-refractivity contribution in [2.45, 2.75) is 135 Å². The molecule has 2 saturated carbocycles. The zero-order valence-corrected chi connectivity index (χ0v) is 32.2. The molecule has 10 heteroatoms. The summed E-state index contributed by atoms with van der Waals surface area (Å²) in [5.41, 5.74) is 4.14. The number of nitrogens with one attached hydrogen (secondary N) is 2. The van der Waals surface area contributed by atoms with E-state index in [1.54, 1.807) is 14.2 Å². The van der Waals surface area contributed by atoms with E-state index in [1.807, 2.05) is 52.0 Å². The number of hydrogen-bond acceptors (Lipinski definition) is 8. The Labute approximate surface area is 304 Å². The van der Waals surface area contributed by atoms with Gasteiger partial charge < -0.3 is 29.6 Å². The number of rotatable bonds is 10. The Balaban J connectivity index is 0.000000276. The standard InChI is InChI=1S/C21H31NO4.C20H29NO4/c1-15-12-16(2)17(18(13-15)25-3)14-19(23)22-21(20(24)26-4)10-8-6-5-7-9-11-21;1-14-11-15(2)16(17(12-14)24-3)13-18(22)21-20(19(23)25-4)9-7-5-6-8-10-20/h12-13H,5-11,14H2,1-4H3,(H,22,23);11-12H,5-10,13H2,1-4H3,(H,21,22).